The van der Waals surface area contributed by atoms with Gasteiger partial charge in [0.05, 0.1) is 5.69 Å². The Labute approximate surface area is 151 Å². The van der Waals surface area contributed by atoms with E-state index in [0.717, 1.165) is 30.5 Å². The fourth-order valence-corrected chi connectivity index (χ4v) is 3.14. The Morgan fingerprint density at radius 3 is 2.81 bits per heavy atom. The number of nitrogens with zero attached hydrogens (tertiary/aromatic N) is 4. The Balaban J connectivity index is 1.74. The zero-order valence-corrected chi connectivity index (χ0v) is 15.0. The number of aromatic nitrogens is 4. The maximum atomic E-state index is 12.1. The molecule has 0 aromatic carbocycles. The summed E-state index contributed by atoms with van der Waals surface area (Å²) in [6.45, 7) is 3.78. The quantitative estimate of drug-likeness (QED) is 0.682. The lowest BCUT2D eigenvalue weighted by Gasteiger charge is -2.15. The molecule has 4 rings (SSSR count). The SMILES string of the molecule is CC(C)C(=O)Nc1nc(C2C=CC(CO)C2)c2c(ncn2NC2CC2)n1. The van der Waals surface area contributed by atoms with E-state index < -0.39 is 0 Å². The zero-order valence-electron chi connectivity index (χ0n) is 15.0. The number of hydrogen-bond acceptors (Lipinski definition) is 6. The summed E-state index contributed by atoms with van der Waals surface area (Å²) in [5, 5.41) is 12.2. The van der Waals surface area contributed by atoms with Crippen LogP contribution in [0, 0.1) is 11.8 Å². The van der Waals surface area contributed by atoms with Crippen LogP contribution in [-0.2, 0) is 4.79 Å². The van der Waals surface area contributed by atoms with Crippen molar-refractivity contribution in [3.8, 4) is 0 Å². The second kappa shape index (κ2) is 6.68. The molecule has 0 aliphatic heterocycles. The first-order valence-corrected chi connectivity index (χ1v) is 9.16. The lowest BCUT2D eigenvalue weighted by atomic mass is 10.00. The number of aliphatic hydroxyl groups is 1. The Bertz CT molecular complexity index is 855. The van der Waals surface area contributed by atoms with Gasteiger partial charge in [-0.1, -0.05) is 26.0 Å². The molecular weight excluding hydrogens is 332 g/mol. The van der Waals surface area contributed by atoms with E-state index in [-0.39, 0.29) is 36.2 Å². The van der Waals surface area contributed by atoms with Gasteiger partial charge in [-0.25, -0.2) is 14.6 Å². The van der Waals surface area contributed by atoms with Crippen LogP contribution in [0.3, 0.4) is 0 Å². The van der Waals surface area contributed by atoms with Crippen molar-refractivity contribution in [1.29, 1.82) is 0 Å². The molecule has 0 bridgehead atoms. The molecule has 1 amide bonds. The van der Waals surface area contributed by atoms with Crippen molar-refractivity contribution in [1.82, 2.24) is 19.6 Å². The molecule has 3 N–H and O–H groups in total. The highest BCUT2D eigenvalue weighted by atomic mass is 16.3. The van der Waals surface area contributed by atoms with E-state index in [4.69, 9.17) is 0 Å². The van der Waals surface area contributed by atoms with Crippen molar-refractivity contribution in [3.05, 3.63) is 24.2 Å². The number of rotatable bonds is 6. The highest BCUT2D eigenvalue weighted by molar-refractivity contribution is 5.91. The van der Waals surface area contributed by atoms with Gasteiger partial charge in [0.25, 0.3) is 0 Å². The van der Waals surface area contributed by atoms with Crippen molar-refractivity contribution in [3.63, 3.8) is 0 Å². The summed E-state index contributed by atoms with van der Waals surface area (Å²) in [5.74, 6) is 0.192. The van der Waals surface area contributed by atoms with Crippen molar-refractivity contribution in [2.75, 3.05) is 17.3 Å². The molecular formula is C18H24N6O2. The number of fused-ring (bicyclic) bond motifs is 1. The predicted octanol–water partition coefficient (Wildman–Crippen LogP) is 1.78. The molecule has 2 aliphatic rings. The molecule has 1 fully saturated rings. The van der Waals surface area contributed by atoms with Crippen LogP contribution in [-0.4, -0.2) is 43.3 Å². The molecule has 8 nitrogen and oxygen atoms in total. The van der Waals surface area contributed by atoms with Crippen LogP contribution < -0.4 is 10.7 Å². The molecule has 8 heteroatoms. The molecule has 2 heterocycles. The number of allylic oxidation sites excluding steroid dienone is 1. The normalized spacial score (nSPS) is 22.3. The number of hydrogen-bond donors (Lipinski definition) is 3. The fraction of sp³-hybridized carbons (Fsp3) is 0.556. The number of nitrogens with one attached hydrogen (secondary N) is 2. The average molecular weight is 356 g/mol. The predicted molar refractivity (Wildman–Crippen MR) is 98.2 cm³/mol. The second-order valence-corrected chi connectivity index (χ2v) is 7.44. The minimum atomic E-state index is -0.156. The molecule has 0 radical (unpaired) electrons. The van der Waals surface area contributed by atoms with Crippen molar-refractivity contribution in [2.24, 2.45) is 11.8 Å². The highest BCUT2D eigenvalue weighted by Crippen LogP contribution is 2.35. The molecule has 0 saturated heterocycles. The summed E-state index contributed by atoms with van der Waals surface area (Å²) < 4.78 is 1.90. The third kappa shape index (κ3) is 3.29. The van der Waals surface area contributed by atoms with Crippen molar-refractivity contribution < 1.29 is 9.90 Å². The summed E-state index contributed by atoms with van der Waals surface area (Å²) in [6, 6.07) is 0.463. The van der Waals surface area contributed by atoms with Crippen LogP contribution in [0.15, 0.2) is 18.5 Å². The summed E-state index contributed by atoms with van der Waals surface area (Å²) in [7, 11) is 0. The van der Waals surface area contributed by atoms with E-state index in [9.17, 15) is 9.90 Å². The fourth-order valence-electron chi connectivity index (χ4n) is 3.14. The van der Waals surface area contributed by atoms with E-state index in [1.807, 2.05) is 24.6 Å². The van der Waals surface area contributed by atoms with Crippen LogP contribution in [0.2, 0.25) is 0 Å². The van der Waals surface area contributed by atoms with E-state index >= 15 is 0 Å². The first-order valence-electron chi connectivity index (χ1n) is 9.16. The molecule has 2 aromatic heterocycles. The Hall–Kier alpha value is -2.48. The number of aliphatic hydroxyl groups excluding tert-OH is 1. The van der Waals surface area contributed by atoms with E-state index in [1.54, 1.807) is 6.33 Å². The first-order chi connectivity index (χ1) is 12.5. The van der Waals surface area contributed by atoms with Crippen molar-refractivity contribution in [2.45, 2.75) is 45.1 Å². The Kier molecular flexibility index (Phi) is 4.36. The number of carbonyl (C=O) groups is 1. The molecule has 2 unspecified atom stereocenters. The second-order valence-electron chi connectivity index (χ2n) is 7.44. The molecule has 2 aliphatic carbocycles. The summed E-state index contributed by atoms with van der Waals surface area (Å²) in [6.07, 6.45) is 8.90. The monoisotopic (exact) mass is 356 g/mol. The number of imidazole rings is 1. The first kappa shape index (κ1) is 17.0. The maximum Gasteiger partial charge on any atom is 0.231 e. The van der Waals surface area contributed by atoms with Crippen LogP contribution >= 0.6 is 0 Å². The molecule has 138 valence electrons. The zero-order chi connectivity index (χ0) is 18.3. The number of amides is 1. The largest absolute Gasteiger partial charge is 0.396 e. The molecule has 26 heavy (non-hydrogen) atoms. The summed E-state index contributed by atoms with van der Waals surface area (Å²) in [5.41, 5.74) is 5.64. The Morgan fingerprint density at radius 2 is 2.15 bits per heavy atom. The van der Waals surface area contributed by atoms with Gasteiger partial charge in [0.15, 0.2) is 5.65 Å². The van der Waals surface area contributed by atoms with Crippen LogP contribution in [0.25, 0.3) is 11.2 Å². The number of anilines is 1. The van der Waals surface area contributed by atoms with Gasteiger partial charge >= 0.3 is 0 Å². The van der Waals surface area contributed by atoms with E-state index in [1.165, 1.54) is 0 Å². The molecule has 1 saturated carbocycles. The maximum absolute atomic E-state index is 12.1. The van der Waals surface area contributed by atoms with Gasteiger partial charge in [-0.15, -0.1) is 0 Å². The highest BCUT2D eigenvalue weighted by Gasteiger charge is 2.28. The van der Waals surface area contributed by atoms with Gasteiger partial charge in [-0.2, -0.15) is 4.98 Å². The van der Waals surface area contributed by atoms with Crippen molar-refractivity contribution >= 4 is 23.0 Å². The minimum Gasteiger partial charge on any atom is -0.396 e. The van der Waals surface area contributed by atoms with Crippen LogP contribution in [0.4, 0.5) is 5.95 Å². The van der Waals surface area contributed by atoms with Gasteiger partial charge in [0.2, 0.25) is 11.9 Å². The molecule has 0 spiro atoms. The van der Waals surface area contributed by atoms with Gasteiger partial charge < -0.3 is 10.5 Å². The van der Waals surface area contributed by atoms with E-state index in [2.05, 4.69) is 31.8 Å². The Morgan fingerprint density at radius 1 is 1.35 bits per heavy atom. The smallest absolute Gasteiger partial charge is 0.231 e. The third-order valence-electron chi connectivity index (χ3n) is 4.85. The van der Waals surface area contributed by atoms with Gasteiger partial charge in [-0.05, 0) is 19.3 Å². The topological polar surface area (TPSA) is 105 Å². The lowest BCUT2D eigenvalue weighted by Crippen LogP contribution is -2.21. The van der Waals surface area contributed by atoms with E-state index in [0.29, 0.717) is 11.7 Å². The van der Waals surface area contributed by atoms with Gasteiger partial charge in [0, 0.05) is 30.4 Å². The minimum absolute atomic E-state index is 0.0591. The van der Waals surface area contributed by atoms with Crippen LogP contribution in [0.5, 0.6) is 0 Å². The third-order valence-corrected chi connectivity index (χ3v) is 4.85. The lowest BCUT2D eigenvalue weighted by molar-refractivity contribution is -0.118. The van der Waals surface area contributed by atoms with Gasteiger partial charge in [-0.3, -0.25) is 10.1 Å². The van der Waals surface area contributed by atoms with Gasteiger partial charge in [0.1, 0.15) is 11.8 Å². The number of carbonyl (C=O) groups excluding carboxylic acids is 1. The molecule has 2 aromatic rings. The van der Waals surface area contributed by atoms with Crippen LogP contribution in [0.1, 0.15) is 44.7 Å². The standard InChI is InChI=1S/C18H24N6O2/c1-10(2)17(26)22-18-20-14(12-4-3-11(7-12)8-25)15-16(21-18)19-9-24(15)23-13-5-6-13/h3-4,9-13,23,25H,5-8H2,1-2H3,(H,20,21,22,26). The molecule has 2 atom stereocenters. The summed E-state index contributed by atoms with van der Waals surface area (Å²) >= 11 is 0. The average Bonchev–Trinajstić information content (AvgIpc) is 3.15. The summed E-state index contributed by atoms with van der Waals surface area (Å²) in [4.78, 5) is 25.6.